The number of nitrogens with one attached hydrogen (secondary N) is 3. The molecule has 6 heteroatoms. The van der Waals surface area contributed by atoms with Gasteiger partial charge >= 0.3 is 5.76 Å². The number of benzene rings is 1. The van der Waals surface area contributed by atoms with Gasteiger partial charge in [0.15, 0.2) is 5.58 Å². The van der Waals surface area contributed by atoms with Crippen LogP contribution in [0.3, 0.4) is 0 Å². The highest BCUT2D eigenvalue weighted by Gasteiger charge is 2.21. The summed E-state index contributed by atoms with van der Waals surface area (Å²) in [6.45, 7) is 4.02. The Morgan fingerprint density at radius 1 is 1.37 bits per heavy atom. The van der Waals surface area contributed by atoms with Crippen LogP contribution in [-0.2, 0) is 0 Å². The minimum atomic E-state index is -0.407. The summed E-state index contributed by atoms with van der Waals surface area (Å²) in [5, 5.41) is 6.68. The number of nitrogens with zero attached hydrogens (tertiary/aromatic N) is 1. The summed E-state index contributed by atoms with van der Waals surface area (Å²) in [6, 6.07) is 5.82. The lowest BCUT2D eigenvalue weighted by atomic mass is 10.1. The second-order valence-corrected chi connectivity index (χ2v) is 4.75. The highest BCUT2D eigenvalue weighted by molar-refractivity contribution is 5.72. The number of H-pyrrole nitrogens is 1. The molecule has 3 rings (SSSR count). The van der Waals surface area contributed by atoms with Crippen molar-refractivity contribution in [1.29, 1.82) is 0 Å². The second-order valence-electron chi connectivity index (χ2n) is 4.75. The molecular weight excluding hydrogens is 244 g/mol. The number of aromatic amines is 1. The Morgan fingerprint density at radius 2 is 2.16 bits per heavy atom. The molecule has 1 aromatic heterocycles. The van der Waals surface area contributed by atoms with Gasteiger partial charge in [0.2, 0.25) is 0 Å². The molecule has 1 atom stereocenters. The molecule has 3 N–H and O–H groups in total. The van der Waals surface area contributed by atoms with Crippen molar-refractivity contribution < 1.29 is 4.42 Å². The average Bonchev–Trinajstić information content (AvgIpc) is 2.80. The van der Waals surface area contributed by atoms with Gasteiger partial charge in [-0.05, 0) is 24.7 Å². The molecule has 1 saturated heterocycles. The quantitative estimate of drug-likeness (QED) is 0.739. The van der Waals surface area contributed by atoms with E-state index in [-0.39, 0.29) is 6.17 Å². The van der Waals surface area contributed by atoms with E-state index in [1.54, 1.807) is 0 Å². The predicted molar refractivity (Wildman–Crippen MR) is 73.1 cm³/mol. The van der Waals surface area contributed by atoms with Crippen LogP contribution in [0.2, 0.25) is 0 Å². The summed E-state index contributed by atoms with van der Waals surface area (Å²) in [4.78, 5) is 16.3. The van der Waals surface area contributed by atoms with Crippen molar-refractivity contribution in [2.45, 2.75) is 6.17 Å². The van der Waals surface area contributed by atoms with Gasteiger partial charge in [-0.25, -0.2) is 4.79 Å². The Balaban J connectivity index is 1.93. The maximum Gasteiger partial charge on any atom is 0.417 e. The molecule has 1 aliphatic heterocycles. The Morgan fingerprint density at radius 3 is 2.89 bits per heavy atom. The summed E-state index contributed by atoms with van der Waals surface area (Å²) in [5.74, 6) is -0.407. The van der Waals surface area contributed by atoms with Crippen molar-refractivity contribution >= 4 is 11.1 Å². The van der Waals surface area contributed by atoms with Crippen LogP contribution in [0.5, 0.6) is 0 Å². The van der Waals surface area contributed by atoms with Gasteiger partial charge in [-0.2, -0.15) is 0 Å². The highest BCUT2D eigenvalue weighted by Crippen LogP contribution is 2.21. The van der Waals surface area contributed by atoms with Crippen LogP contribution in [-0.4, -0.2) is 43.1 Å². The van der Waals surface area contributed by atoms with Crippen molar-refractivity contribution in [2.24, 2.45) is 0 Å². The lowest BCUT2D eigenvalue weighted by Gasteiger charge is -2.34. The maximum absolute atomic E-state index is 11.2. The van der Waals surface area contributed by atoms with E-state index in [9.17, 15) is 4.79 Å². The Bertz CT molecular complexity index is 612. The minimum Gasteiger partial charge on any atom is -0.408 e. The van der Waals surface area contributed by atoms with Gasteiger partial charge in [0, 0.05) is 26.2 Å². The number of aromatic nitrogens is 1. The molecule has 2 aromatic rings. The third-order valence-corrected chi connectivity index (χ3v) is 3.55. The van der Waals surface area contributed by atoms with Crippen LogP contribution in [0.1, 0.15) is 11.7 Å². The lowest BCUT2D eigenvalue weighted by molar-refractivity contribution is 0.153. The smallest absolute Gasteiger partial charge is 0.408 e. The number of rotatable bonds is 3. The van der Waals surface area contributed by atoms with E-state index >= 15 is 0 Å². The first-order valence-corrected chi connectivity index (χ1v) is 6.53. The molecule has 1 aromatic carbocycles. The molecule has 1 unspecified atom stereocenters. The molecule has 0 saturated carbocycles. The highest BCUT2D eigenvalue weighted by atomic mass is 16.4. The van der Waals surface area contributed by atoms with Gasteiger partial charge in [-0.15, -0.1) is 0 Å². The molecule has 0 amide bonds. The zero-order chi connectivity index (χ0) is 13.2. The van der Waals surface area contributed by atoms with E-state index in [1.165, 1.54) is 0 Å². The molecule has 0 radical (unpaired) electrons. The molecule has 2 heterocycles. The van der Waals surface area contributed by atoms with Gasteiger partial charge in [-0.1, -0.05) is 6.07 Å². The van der Waals surface area contributed by atoms with Crippen LogP contribution in [0, 0.1) is 0 Å². The molecule has 6 nitrogen and oxygen atoms in total. The summed E-state index contributed by atoms with van der Waals surface area (Å²) < 4.78 is 5.03. The number of fused-ring (bicyclic) bond motifs is 1. The van der Waals surface area contributed by atoms with Crippen molar-refractivity contribution in [3.63, 3.8) is 0 Å². The monoisotopic (exact) mass is 262 g/mol. The van der Waals surface area contributed by atoms with E-state index in [1.807, 2.05) is 25.2 Å². The van der Waals surface area contributed by atoms with E-state index in [4.69, 9.17) is 4.42 Å². The normalized spacial score (nSPS) is 18.8. The number of piperazine rings is 1. The Labute approximate surface area is 110 Å². The van der Waals surface area contributed by atoms with E-state index < -0.39 is 5.76 Å². The van der Waals surface area contributed by atoms with Crippen molar-refractivity contribution in [1.82, 2.24) is 20.5 Å². The van der Waals surface area contributed by atoms with Crippen LogP contribution >= 0.6 is 0 Å². The van der Waals surface area contributed by atoms with E-state index in [0.717, 1.165) is 37.3 Å². The van der Waals surface area contributed by atoms with Gasteiger partial charge in [-0.3, -0.25) is 9.88 Å². The molecule has 19 heavy (non-hydrogen) atoms. The zero-order valence-corrected chi connectivity index (χ0v) is 10.9. The maximum atomic E-state index is 11.2. The predicted octanol–water partition coefficient (Wildman–Crippen LogP) is 0.244. The third kappa shape index (κ3) is 2.42. The molecule has 1 aliphatic rings. The minimum absolute atomic E-state index is 0.157. The van der Waals surface area contributed by atoms with Gasteiger partial charge in [0.05, 0.1) is 11.7 Å². The molecule has 1 fully saturated rings. The molecular formula is C13H18N4O2. The first-order valence-electron chi connectivity index (χ1n) is 6.53. The number of oxazole rings is 1. The fourth-order valence-corrected chi connectivity index (χ4v) is 2.64. The topological polar surface area (TPSA) is 73.3 Å². The van der Waals surface area contributed by atoms with Crippen LogP contribution in [0.4, 0.5) is 0 Å². The van der Waals surface area contributed by atoms with Gasteiger partial charge in [0.25, 0.3) is 0 Å². The largest absolute Gasteiger partial charge is 0.417 e. The number of hydrogen-bond acceptors (Lipinski definition) is 5. The fraction of sp³-hybridized carbons (Fsp3) is 0.462. The SMILES string of the molecule is CNC(c1ccc2oc(=O)[nH]c2c1)N1CCNCC1. The molecule has 102 valence electrons. The van der Waals surface area contributed by atoms with E-state index in [2.05, 4.69) is 20.5 Å². The van der Waals surface area contributed by atoms with Crippen molar-refractivity contribution in [2.75, 3.05) is 33.2 Å². The van der Waals surface area contributed by atoms with Gasteiger partial charge in [0.1, 0.15) is 0 Å². The average molecular weight is 262 g/mol. The Hall–Kier alpha value is -1.63. The standard InChI is InChI=1S/C13H18N4O2/c1-14-12(17-6-4-15-5-7-17)9-2-3-11-10(8-9)16-13(18)19-11/h2-3,8,12,14-15H,4-7H2,1H3,(H,16,18). The third-order valence-electron chi connectivity index (χ3n) is 3.55. The summed E-state index contributed by atoms with van der Waals surface area (Å²) in [5.41, 5.74) is 2.48. The van der Waals surface area contributed by atoms with Crippen LogP contribution in [0.15, 0.2) is 27.4 Å². The molecule has 0 spiro atoms. The second kappa shape index (κ2) is 5.16. The zero-order valence-electron chi connectivity index (χ0n) is 10.9. The summed E-state index contributed by atoms with van der Waals surface area (Å²) in [7, 11) is 1.95. The van der Waals surface area contributed by atoms with Crippen LogP contribution in [0.25, 0.3) is 11.1 Å². The van der Waals surface area contributed by atoms with Crippen molar-refractivity contribution in [3.05, 3.63) is 34.3 Å². The first kappa shape index (κ1) is 12.4. The molecule has 0 bridgehead atoms. The molecule has 0 aliphatic carbocycles. The van der Waals surface area contributed by atoms with E-state index in [0.29, 0.717) is 5.58 Å². The van der Waals surface area contributed by atoms with Gasteiger partial charge < -0.3 is 15.1 Å². The first-order chi connectivity index (χ1) is 9.28. The lowest BCUT2D eigenvalue weighted by Crippen LogP contribution is -2.48. The number of hydrogen-bond donors (Lipinski definition) is 3. The fourth-order valence-electron chi connectivity index (χ4n) is 2.64. The Kier molecular flexibility index (Phi) is 3.37. The van der Waals surface area contributed by atoms with Crippen LogP contribution < -0.4 is 16.4 Å². The summed E-state index contributed by atoms with van der Waals surface area (Å²) >= 11 is 0. The van der Waals surface area contributed by atoms with Crippen molar-refractivity contribution in [3.8, 4) is 0 Å². The summed E-state index contributed by atoms with van der Waals surface area (Å²) in [6.07, 6.45) is 0.157.